The molecule has 0 aliphatic heterocycles. The topological polar surface area (TPSA) is 45.0 Å². The van der Waals surface area contributed by atoms with E-state index in [4.69, 9.17) is 10.00 Å². The summed E-state index contributed by atoms with van der Waals surface area (Å²) in [5, 5.41) is 11.7. The molecule has 1 rings (SSSR count). The Hall–Kier alpha value is -1.67. The average Bonchev–Trinajstić information content (AvgIpc) is 2.33. The van der Waals surface area contributed by atoms with E-state index in [-0.39, 0.29) is 12.4 Å². The van der Waals surface area contributed by atoms with Crippen molar-refractivity contribution in [1.29, 1.82) is 5.26 Å². The third kappa shape index (κ3) is 3.68. The molecule has 0 heterocycles. The van der Waals surface area contributed by atoms with Crippen LogP contribution in [0.15, 0.2) is 18.2 Å². The van der Waals surface area contributed by atoms with Crippen molar-refractivity contribution in [2.45, 2.75) is 18.9 Å². The Bertz CT molecular complexity index is 431. The summed E-state index contributed by atoms with van der Waals surface area (Å²) in [7, 11) is 1.68. The van der Waals surface area contributed by atoms with Crippen LogP contribution in [0.1, 0.15) is 13.3 Å². The van der Waals surface area contributed by atoms with E-state index >= 15 is 0 Å². The van der Waals surface area contributed by atoms with E-state index in [0.717, 1.165) is 12.1 Å². The lowest BCUT2D eigenvalue weighted by molar-refractivity contribution is 0.271. The molecule has 0 fully saturated rings. The minimum Gasteiger partial charge on any atom is -0.493 e. The highest BCUT2D eigenvalue weighted by molar-refractivity contribution is 5.23. The Balaban J connectivity index is 2.52. The van der Waals surface area contributed by atoms with Crippen molar-refractivity contribution in [3.63, 3.8) is 0 Å². The Labute approximate surface area is 99.0 Å². The first-order chi connectivity index (χ1) is 8.00. The lowest BCUT2D eigenvalue weighted by Gasteiger charge is -2.20. The van der Waals surface area contributed by atoms with E-state index in [9.17, 15) is 8.78 Å². The molecule has 92 valence electrons. The molecule has 1 aromatic rings. The van der Waals surface area contributed by atoms with Gasteiger partial charge in [-0.15, -0.1) is 0 Å². The van der Waals surface area contributed by atoms with Crippen molar-refractivity contribution >= 4 is 0 Å². The van der Waals surface area contributed by atoms with Crippen molar-refractivity contribution in [2.24, 2.45) is 0 Å². The SMILES string of the molecule is CNC(C)(C#N)CCOc1ccc(F)c(F)c1. The van der Waals surface area contributed by atoms with Crippen molar-refractivity contribution in [2.75, 3.05) is 13.7 Å². The highest BCUT2D eigenvalue weighted by Crippen LogP contribution is 2.16. The van der Waals surface area contributed by atoms with Crippen molar-refractivity contribution < 1.29 is 13.5 Å². The van der Waals surface area contributed by atoms with Crippen LogP contribution in [0.2, 0.25) is 0 Å². The molecule has 0 aliphatic carbocycles. The van der Waals surface area contributed by atoms with Gasteiger partial charge in [-0.1, -0.05) is 0 Å². The van der Waals surface area contributed by atoms with E-state index in [1.54, 1.807) is 14.0 Å². The Morgan fingerprint density at radius 2 is 2.12 bits per heavy atom. The molecule has 0 spiro atoms. The van der Waals surface area contributed by atoms with E-state index in [1.165, 1.54) is 6.07 Å². The van der Waals surface area contributed by atoms with Gasteiger partial charge < -0.3 is 10.1 Å². The molecule has 0 saturated heterocycles. The summed E-state index contributed by atoms with van der Waals surface area (Å²) >= 11 is 0. The van der Waals surface area contributed by atoms with Crippen LogP contribution in [0.3, 0.4) is 0 Å². The molecule has 0 bridgehead atoms. The Morgan fingerprint density at radius 1 is 1.41 bits per heavy atom. The van der Waals surface area contributed by atoms with E-state index < -0.39 is 17.2 Å². The fourth-order valence-corrected chi connectivity index (χ4v) is 1.18. The predicted molar refractivity (Wildman–Crippen MR) is 59.5 cm³/mol. The Kier molecular flexibility index (Phi) is 4.41. The molecule has 0 aromatic heterocycles. The largest absolute Gasteiger partial charge is 0.493 e. The fourth-order valence-electron chi connectivity index (χ4n) is 1.18. The summed E-state index contributed by atoms with van der Waals surface area (Å²) in [6, 6.07) is 5.45. The van der Waals surface area contributed by atoms with Gasteiger partial charge in [0.15, 0.2) is 11.6 Å². The molecule has 0 saturated carbocycles. The van der Waals surface area contributed by atoms with E-state index in [1.807, 2.05) is 0 Å². The summed E-state index contributed by atoms with van der Waals surface area (Å²) in [5.74, 6) is -1.60. The molecule has 0 aliphatic rings. The van der Waals surface area contributed by atoms with Crippen LogP contribution in [-0.4, -0.2) is 19.2 Å². The third-order valence-corrected chi connectivity index (χ3v) is 2.56. The van der Waals surface area contributed by atoms with Crippen molar-refractivity contribution in [1.82, 2.24) is 5.32 Å². The lowest BCUT2D eigenvalue weighted by atomic mass is 10.0. The summed E-state index contributed by atoms with van der Waals surface area (Å²) in [6.45, 7) is 1.98. The zero-order chi connectivity index (χ0) is 12.9. The smallest absolute Gasteiger partial charge is 0.162 e. The normalized spacial score (nSPS) is 13.8. The monoisotopic (exact) mass is 240 g/mol. The van der Waals surface area contributed by atoms with Crippen LogP contribution >= 0.6 is 0 Å². The van der Waals surface area contributed by atoms with Crippen LogP contribution in [0.25, 0.3) is 0 Å². The fraction of sp³-hybridized carbons (Fsp3) is 0.417. The highest BCUT2D eigenvalue weighted by Gasteiger charge is 2.20. The summed E-state index contributed by atoms with van der Waals surface area (Å²) in [6.07, 6.45) is 0.443. The van der Waals surface area contributed by atoms with Gasteiger partial charge in [0, 0.05) is 12.5 Å². The van der Waals surface area contributed by atoms with Gasteiger partial charge in [-0.2, -0.15) is 5.26 Å². The van der Waals surface area contributed by atoms with Gasteiger partial charge in [-0.25, -0.2) is 8.78 Å². The maximum atomic E-state index is 12.9. The highest BCUT2D eigenvalue weighted by atomic mass is 19.2. The van der Waals surface area contributed by atoms with Gasteiger partial charge in [-0.3, -0.25) is 0 Å². The van der Waals surface area contributed by atoms with Gasteiger partial charge in [0.2, 0.25) is 0 Å². The first kappa shape index (κ1) is 13.4. The molecular formula is C12H14F2N2O. The second-order valence-corrected chi connectivity index (χ2v) is 3.87. The number of hydrogen-bond donors (Lipinski definition) is 1. The molecule has 17 heavy (non-hydrogen) atoms. The van der Waals surface area contributed by atoms with Gasteiger partial charge in [0.1, 0.15) is 11.3 Å². The van der Waals surface area contributed by atoms with Crippen LogP contribution < -0.4 is 10.1 Å². The minimum absolute atomic E-state index is 0.246. The molecule has 3 nitrogen and oxygen atoms in total. The average molecular weight is 240 g/mol. The van der Waals surface area contributed by atoms with Crippen LogP contribution in [-0.2, 0) is 0 Å². The lowest BCUT2D eigenvalue weighted by Crippen LogP contribution is -2.39. The van der Waals surface area contributed by atoms with Gasteiger partial charge >= 0.3 is 0 Å². The molecular weight excluding hydrogens is 226 g/mol. The van der Waals surface area contributed by atoms with Crippen molar-refractivity contribution in [3.8, 4) is 11.8 Å². The number of halogens is 2. The standard InChI is InChI=1S/C12H14F2N2O/c1-12(8-15,16-2)5-6-17-9-3-4-10(13)11(14)7-9/h3-4,7,16H,5-6H2,1-2H3. The first-order valence-corrected chi connectivity index (χ1v) is 5.19. The number of benzene rings is 1. The molecule has 1 unspecified atom stereocenters. The van der Waals surface area contributed by atoms with E-state index in [0.29, 0.717) is 6.42 Å². The van der Waals surface area contributed by atoms with Crippen LogP contribution in [0.5, 0.6) is 5.75 Å². The van der Waals surface area contributed by atoms with Gasteiger partial charge in [-0.05, 0) is 26.1 Å². The van der Waals surface area contributed by atoms with Gasteiger partial charge in [0.05, 0.1) is 12.7 Å². The molecule has 5 heteroatoms. The second kappa shape index (κ2) is 5.60. The van der Waals surface area contributed by atoms with Crippen molar-refractivity contribution in [3.05, 3.63) is 29.8 Å². The quantitative estimate of drug-likeness (QED) is 0.858. The number of nitrogens with zero attached hydrogens (tertiary/aromatic N) is 1. The number of rotatable bonds is 5. The Morgan fingerprint density at radius 3 is 2.65 bits per heavy atom. The number of nitrogens with one attached hydrogen (secondary N) is 1. The summed E-state index contributed by atoms with van der Waals surface area (Å²) < 4.78 is 30.7. The molecule has 1 atom stereocenters. The number of ether oxygens (including phenoxy) is 1. The first-order valence-electron chi connectivity index (χ1n) is 5.19. The zero-order valence-corrected chi connectivity index (χ0v) is 9.76. The molecule has 0 amide bonds. The number of nitriles is 1. The summed E-state index contributed by atoms with van der Waals surface area (Å²) in [4.78, 5) is 0. The summed E-state index contributed by atoms with van der Waals surface area (Å²) in [5.41, 5.74) is -0.682. The maximum absolute atomic E-state index is 12.9. The maximum Gasteiger partial charge on any atom is 0.162 e. The third-order valence-electron chi connectivity index (χ3n) is 2.56. The van der Waals surface area contributed by atoms with Gasteiger partial charge in [0.25, 0.3) is 0 Å². The molecule has 0 radical (unpaired) electrons. The molecule has 1 N–H and O–H groups in total. The number of hydrogen-bond acceptors (Lipinski definition) is 3. The minimum atomic E-state index is -0.945. The van der Waals surface area contributed by atoms with E-state index in [2.05, 4.69) is 11.4 Å². The second-order valence-electron chi connectivity index (χ2n) is 3.87. The van der Waals surface area contributed by atoms with Crippen LogP contribution in [0.4, 0.5) is 8.78 Å². The molecule has 1 aromatic carbocycles. The zero-order valence-electron chi connectivity index (χ0n) is 9.76. The van der Waals surface area contributed by atoms with Crippen LogP contribution in [0, 0.1) is 23.0 Å². The predicted octanol–water partition coefficient (Wildman–Crippen LogP) is 2.24.